The maximum atomic E-state index is 13.5. The van der Waals surface area contributed by atoms with E-state index in [0.29, 0.717) is 47.7 Å². The van der Waals surface area contributed by atoms with Crippen molar-refractivity contribution in [3.8, 4) is 0 Å². The van der Waals surface area contributed by atoms with Crippen LogP contribution < -0.4 is 5.32 Å². The van der Waals surface area contributed by atoms with E-state index in [1.54, 1.807) is 27.8 Å². The fourth-order valence-electron chi connectivity index (χ4n) is 5.90. The number of piperidine rings is 1. The number of aliphatic hydroxyl groups excluding tert-OH is 1. The monoisotopic (exact) mass is 478 g/mol. The second-order valence-electron chi connectivity index (χ2n) is 10.0. The molecule has 3 aliphatic rings. The maximum Gasteiger partial charge on any atom is 0.254 e. The summed E-state index contributed by atoms with van der Waals surface area (Å²) >= 11 is 0. The molecule has 184 valence electrons. The zero-order chi connectivity index (χ0) is 24.2. The summed E-state index contributed by atoms with van der Waals surface area (Å²) in [4.78, 5) is 38.4. The summed E-state index contributed by atoms with van der Waals surface area (Å²) in [5.74, 6) is -0.323. The Bertz CT molecular complexity index is 1290. The Morgan fingerprint density at radius 2 is 2.11 bits per heavy atom. The Kier molecular flexibility index (Phi) is 5.33. The van der Waals surface area contributed by atoms with Gasteiger partial charge in [-0.25, -0.2) is 9.67 Å². The van der Waals surface area contributed by atoms with Gasteiger partial charge in [0.2, 0.25) is 5.91 Å². The third-order valence-electron chi connectivity index (χ3n) is 7.87. The number of amides is 2. The van der Waals surface area contributed by atoms with Crippen LogP contribution in [0.2, 0.25) is 0 Å². The molecular weight excluding hydrogens is 448 g/mol. The van der Waals surface area contributed by atoms with E-state index in [1.165, 1.54) is 0 Å². The molecule has 2 fully saturated rings. The summed E-state index contributed by atoms with van der Waals surface area (Å²) in [5, 5.41) is 21.1. The highest BCUT2D eigenvalue weighted by Gasteiger charge is 2.44. The number of carbonyl (C=O) groups excluding carboxylic acids is 2. The average molecular weight is 479 g/mol. The van der Waals surface area contributed by atoms with Crippen LogP contribution in [0.25, 0.3) is 11.0 Å². The minimum absolute atomic E-state index is 0.0721. The van der Waals surface area contributed by atoms with Gasteiger partial charge in [-0.05, 0) is 51.1 Å². The van der Waals surface area contributed by atoms with E-state index in [2.05, 4.69) is 30.5 Å². The number of aromatic amines is 1. The fraction of sp³-hybridized carbons (Fsp3) is 0.542. The Morgan fingerprint density at radius 1 is 1.29 bits per heavy atom. The highest BCUT2D eigenvalue weighted by atomic mass is 16.3. The normalized spacial score (nSPS) is 25.3. The van der Waals surface area contributed by atoms with Crippen LogP contribution >= 0.6 is 0 Å². The van der Waals surface area contributed by atoms with Crippen molar-refractivity contribution in [2.45, 2.75) is 45.4 Å². The number of carbonyl (C=O) groups is 2. The molecule has 3 N–H and O–H groups in total. The molecule has 2 bridgehead atoms. The van der Waals surface area contributed by atoms with Crippen LogP contribution in [-0.2, 0) is 24.5 Å². The molecule has 2 amide bonds. The molecule has 3 aromatic rings. The number of aromatic nitrogens is 5. The lowest BCUT2D eigenvalue weighted by Gasteiger charge is -2.33. The smallest absolute Gasteiger partial charge is 0.254 e. The van der Waals surface area contributed by atoms with Crippen LogP contribution in [0.15, 0.2) is 18.2 Å². The van der Waals surface area contributed by atoms with E-state index in [4.69, 9.17) is 0 Å². The minimum atomic E-state index is -0.523. The molecule has 2 aromatic heterocycles. The van der Waals surface area contributed by atoms with Gasteiger partial charge in [-0.2, -0.15) is 0 Å². The Labute approximate surface area is 202 Å². The first-order chi connectivity index (χ1) is 17.0. The average Bonchev–Trinajstić information content (AvgIpc) is 3.67. The lowest BCUT2D eigenvalue weighted by atomic mass is 9.84. The third-order valence-corrected chi connectivity index (χ3v) is 7.87. The van der Waals surface area contributed by atoms with Gasteiger partial charge in [0.05, 0.1) is 29.2 Å². The molecule has 0 saturated carbocycles. The molecule has 0 aliphatic carbocycles. The Balaban J connectivity index is 1.25. The van der Waals surface area contributed by atoms with Crippen molar-refractivity contribution >= 4 is 22.8 Å². The molecule has 0 radical (unpaired) electrons. The predicted molar refractivity (Wildman–Crippen MR) is 126 cm³/mol. The Hall–Kier alpha value is -3.31. The summed E-state index contributed by atoms with van der Waals surface area (Å²) in [5.41, 5.74) is 3.52. The van der Waals surface area contributed by atoms with Crippen LogP contribution in [-0.4, -0.2) is 84.4 Å². The van der Waals surface area contributed by atoms with Gasteiger partial charge in [-0.15, -0.1) is 5.10 Å². The molecular formula is C24H30N8O3. The molecule has 2 saturated heterocycles. The van der Waals surface area contributed by atoms with Crippen molar-refractivity contribution in [2.75, 3.05) is 32.7 Å². The van der Waals surface area contributed by atoms with Crippen molar-refractivity contribution in [1.82, 2.24) is 40.1 Å². The summed E-state index contributed by atoms with van der Waals surface area (Å²) < 4.78 is 1.78. The fourth-order valence-corrected chi connectivity index (χ4v) is 5.90. The van der Waals surface area contributed by atoms with Gasteiger partial charge in [0.25, 0.3) is 5.91 Å². The molecule has 11 nitrogen and oxygen atoms in total. The maximum absolute atomic E-state index is 13.5. The van der Waals surface area contributed by atoms with Crippen molar-refractivity contribution in [3.63, 3.8) is 0 Å². The van der Waals surface area contributed by atoms with Crippen LogP contribution in [0, 0.1) is 5.41 Å². The van der Waals surface area contributed by atoms with E-state index in [0.717, 1.165) is 38.2 Å². The number of aliphatic hydroxyl groups is 1. The van der Waals surface area contributed by atoms with E-state index in [1.807, 2.05) is 6.92 Å². The number of benzene rings is 1. The standard InChI is InChI=1S/C24H30N8O3/c1-2-32-21-16(22(34)25-13-24-5-7-30(14-24)8-6-24)10-31(11-19(21)28-29-32)23(35)15-3-4-17-18(9-15)27-20(12-33)26-17/h3-4,9,16,33H,2,5-8,10-14H2,1H3,(H,25,34)(H,26,27). The van der Waals surface area contributed by atoms with Gasteiger partial charge < -0.3 is 25.2 Å². The molecule has 1 unspecified atom stereocenters. The summed E-state index contributed by atoms with van der Waals surface area (Å²) in [7, 11) is 0. The van der Waals surface area contributed by atoms with Crippen LogP contribution in [0.3, 0.4) is 0 Å². The number of H-pyrrole nitrogens is 1. The summed E-state index contributed by atoms with van der Waals surface area (Å²) in [6.45, 7) is 6.91. The van der Waals surface area contributed by atoms with E-state index >= 15 is 0 Å². The first kappa shape index (κ1) is 22.2. The van der Waals surface area contributed by atoms with Crippen molar-refractivity contribution in [3.05, 3.63) is 41.0 Å². The number of hydrogen-bond acceptors (Lipinski definition) is 7. The molecule has 3 aliphatic heterocycles. The quantitative estimate of drug-likeness (QED) is 0.473. The lowest BCUT2D eigenvalue weighted by molar-refractivity contribution is -0.123. The SMILES string of the molecule is CCn1nnc2c1C(C(=O)NCC13CCN(CC1)C3)CN(C(=O)c1ccc3nc(CO)[nH]c3c1)C2. The van der Waals surface area contributed by atoms with Gasteiger partial charge in [0.1, 0.15) is 18.1 Å². The van der Waals surface area contributed by atoms with E-state index in [9.17, 15) is 14.7 Å². The van der Waals surface area contributed by atoms with Gasteiger partial charge in [-0.1, -0.05) is 5.21 Å². The highest BCUT2D eigenvalue weighted by molar-refractivity contribution is 5.98. The predicted octanol–water partition coefficient (Wildman–Crippen LogP) is 0.618. The number of hydrogen-bond donors (Lipinski definition) is 3. The summed E-state index contributed by atoms with van der Waals surface area (Å²) in [6.07, 6.45) is 2.24. The van der Waals surface area contributed by atoms with Crippen molar-refractivity contribution < 1.29 is 14.7 Å². The van der Waals surface area contributed by atoms with Crippen LogP contribution in [0.1, 0.15) is 53.3 Å². The molecule has 35 heavy (non-hydrogen) atoms. The zero-order valence-corrected chi connectivity index (χ0v) is 19.8. The molecule has 6 rings (SSSR count). The second kappa shape index (κ2) is 8.42. The van der Waals surface area contributed by atoms with Gasteiger partial charge in [-0.3, -0.25) is 9.59 Å². The lowest BCUT2D eigenvalue weighted by Crippen LogP contribution is -2.46. The number of rotatable bonds is 6. The highest BCUT2D eigenvalue weighted by Crippen LogP contribution is 2.40. The van der Waals surface area contributed by atoms with Crippen LogP contribution in [0.4, 0.5) is 0 Å². The van der Waals surface area contributed by atoms with Gasteiger partial charge in [0, 0.05) is 37.2 Å². The first-order valence-electron chi connectivity index (χ1n) is 12.3. The third kappa shape index (κ3) is 3.79. The molecule has 1 aromatic carbocycles. The van der Waals surface area contributed by atoms with Gasteiger partial charge in [0.15, 0.2) is 0 Å². The largest absolute Gasteiger partial charge is 0.388 e. The second-order valence-corrected chi connectivity index (χ2v) is 10.0. The number of fused-ring (bicyclic) bond motifs is 4. The summed E-state index contributed by atoms with van der Waals surface area (Å²) in [6, 6.07) is 5.23. The first-order valence-corrected chi connectivity index (χ1v) is 12.3. The van der Waals surface area contributed by atoms with Crippen LogP contribution in [0.5, 0.6) is 0 Å². The van der Waals surface area contributed by atoms with E-state index in [-0.39, 0.29) is 30.4 Å². The minimum Gasteiger partial charge on any atom is -0.388 e. The molecule has 1 atom stereocenters. The van der Waals surface area contributed by atoms with Gasteiger partial charge >= 0.3 is 0 Å². The number of aryl methyl sites for hydroxylation is 1. The number of nitrogens with one attached hydrogen (secondary N) is 2. The number of nitrogens with zero attached hydrogens (tertiary/aromatic N) is 6. The van der Waals surface area contributed by atoms with Crippen molar-refractivity contribution in [1.29, 1.82) is 0 Å². The molecule has 5 heterocycles. The van der Waals surface area contributed by atoms with Crippen molar-refractivity contribution in [2.24, 2.45) is 5.41 Å². The zero-order valence-electron chi connectivity index (χ0n) is 19.8. The molecule has 0 spiro atoms. The number of imidazole rings is 1. The topological polar surface area (TPSA) is 132 Å². The Morgan fingerprint density at radius 3 is 2.83 bits per heavy atom. The van der Waals surface area contributed by atoms with E-state index < -0.39 is 5.92 Å². The molecule has 11 heteroatoms.